The lowest BCUT2D eigenvalue weighted by atomic mass is 9.89. The fraction of sp³-hybridized carbons (Fsp3) is 0.357. The van der Waals surface area contributed by atoms with Crippen LogP contribution >= 0.6 is 11.6 Å². The summed E-state index contributed by atoms with van der Waals surface area (Å²) in [4.78, 5) is 16.4. The molecular formula is C28H29ClN4O3. The van der Waals surface area contributed by atoms with E-state index in [0.717, 1.165) is 64.3 Å². The molecule has 8 heteroatoms. The number of fused-ring (bicyclic) bond motifs is 2. The number of carbonyl (C=O) groups is 1. The van der Waals surface area contributed by atoms with E-state index in [9.17, 15) is 4.79 Å². The second-order valence-electron chi connectivity index (χ2n) is 9.65. The second kappa shape index (κ2) is 9.30. The van der Waals surface area contributed by atoms with Crippen molar-refractivity contribution in [3.63, 3.8) is 0 Å². The molecule has 0 spiro atoms. The third-order valence-electron chi connectivity index (χ3n) is 7.68. The van der Waals surface area contributed by atoms with E-state index in [1.165, 1.54) is 6.42 Å². The fourth-order valence-electron chi connectivity index (χ4n) is 5.51. The van der Waals surface area contributed by atoms with Crippen LogP contribution in [0.25, 0.3) is 22.0 Å². The van der Waals surface area contributed by atoms with Gasteiger partial charge in [0.25, 0.3) is 0 Å². The average molecular weight is 505 g/mol. The molecule has 2 aromatic carbocycles. The SMILES string of the molecule is CCN1CCC1Cn1cc(C(=O)C2COc3ccc(OC)cc3C2)c2ccc(-c3cn[nH]c3Cl)cc21. The number of aromatic nitrogens is 3. The monoisotopic (exact) mass is 504 g/mol. The zero-order valence-electron chi connectivity index (χ0n) is 20.5. The molecule has 186 valence electrons. The normalized spacial score (nSPS) is 19.5. The Hall–Kier alpha value is -3.29. The van der Waals surface area contributed by atoms with Gasteiger partial charge in [-0.1, -0.05) is 30.7 Å². The maximum atomic E-state index is 13.9. The smallest absolute Gasteiger partial charge is 0.171 e. The number of hydrogen-bond acceptors (Lipinski definition) is 5. The van der Waals surface area contributed by atoms with E-state index in [0.29, 0.717) is 24.2 Å². The summed E-state index contributed by atoms with van der Waals surface area (Å²) in [6.45, 7) is 5.59. The van der Waals surface area contributed by atoms with E-state index in [1.54, 1.807) is 13.3 Å². The summed E-state index contributed by atoms with van der Waals surface area (Å²) < 4.78 is 13.6. The molecule has 2 aliphatic heterocycles. The number of hydrogen-bond donors (Lipinski definition) is 1. The molecule has 2 atom stereocenters. The Morgan fingerprint density at radius 2 is 2.17 bits per heavy atom. The Morgan fingerprint density at radius 3 is 2.89 bits per heavy atom. The van der Waals surface area contributed by atoms with Gasteiger partial charge in [-0.25, -0.2) is 0 Å². The molecule has 0 bridgehead atoms. The van der Waals surface area contributed by atoms with Crippen molar-refractivity contribution in [2.24, 2.45) is 5.92 Å². The van der Waals surface area contributed by atoms with E-state index < -0.39 is 0 Å². The first-order valence-electron chi connectivity index (χ1n) is 12.5. The van der Waals surface area contributed by atoms with Gasteiger partial charge in [0, 0.05) is 47.4 Å². The van der Waals surface area contributed by atoms with Crippen molar-refractivity contribution < 1.29 is 14.3 Å². The third-order valence-corrected chi connectivity index (χ3v) is 7.96. The third kappa shape index (κ3) is 3.96. The zero-order chi connectivity index (χ0) is 24.8. The Morgan fingerprint density at radius 1 is 1.28 bits per heavy atom. The molecule has 2 unspecified atom stereocenters. The summed E-state index contributed by atoms with van der Waals surface area (Å²) in [6.07, 6.45) is 5.58. The molecule has 2 aliphatic rings. The van der Waals surface area contributed by atoms with Crippen molar-refractivity contribution in [3.05, 3.63) is 65.1 Å². The highest BCUT2D eigenvalue weighted by atomic mass is 35.5. The lowest BCUT2D eigenvalue weighted by Crippen LogP contribution is -2.49. The number of carbonyl (C=O) groups excluding carboxylic acids is 1. The molecule has 1 saturated heterocycles. The highest BCUT2D eigenvalue weighted by Crippen LogP contribution is 2.36. The molecule has 0 radical (unpaired) electrons. The molecule has 7 nitrogen and oxygen atoms in total. The van der Waals surface area contributed by atoms with Gasteiger partial charge < -0.3 is 14.0 Å². The van der Waals surface area contributed by atoms with Crippen molar-refractivity contribution in [1.29, 1.82) is 0 Å². The van der Waals surface area contributed by atoms with Gasteiger partial charge >= 0.3 is 0 Å². The second-order valence-corrected chi connectivity index (χ2v) is 10.0. The number of benzene rings is 2. The number of ether oxygens (including phenoxy) is 2. The van der Waals surface area contributed by atoms with Crippen molar-refractivity contribution >= 4 is 28.3 Å². The number of rotatable bonds is 7. The Balaban J connectivity index is 1.37. The number of aromatic amines is 1. The van der Waals surface area contributed by atoms with Crippen LogP contribution in [0.15, 0.2) is 48.8 Å². The first kappa shape index (κ1) is 23.1. The zero-order valence-corrected chi connectivity index (χ0v) is 21.2. The van der Waals surface area contributed by atoms with Gasteiger partial charge in [0.1, 0.15) is 16.7 Å². The summed E-state index contributed by atoms with van der Waals surface area (Å²) in [6, 6.07) is 12.4. The largest absolute Gasteiger partial charge is 0.497 e. The number of likely N-dealkylation sites (N-methyl/N-ethyl adjacent to an activating group) is 1. The first-order chi connectivity index (χ1) is 17.6. The maximum Gasteiger partial charge on any atom is 0.171 e. The number of methoxy groups -OCH3 is 1. The molecule has 36 heavy (non-hydrogen) atoms. The van der Waals surface area contributed by atoms with Gasteiger partial charge in [-0.2, -0.15) is 5.10 Å². The van der Waals surface area contributed by atoms with Gasteiger partial charge in [0.2, 0.25) is 0 Å². The number of nitrogens with zero attached hydrogens (tertiary/aromatic N) is 3. The predicted molar refractivity (Wildman–Crippen MR) is 140 cm³/mol. The van der Waals surface area contributed by atoms with E-state index in [2.05, 4.69) is 32.7 Å². The van der Waals surface area contributed by atoms with E-state index in [-0.39, 0.29) is 11.7 Å². The highest BCUT2D eigenvalue weighted by molar-refractivity contribution is 6.32. The van der Waals surface area contributed by atoms with Crippen LogP contribution in [-0.4, -0.2) is 58.3 Å². The number of Topliss-reactive ketones (excluding diaryl/α,β-unsaturated/α-hetero) is 1. The van der Waals surface area contributed by atoms with Crippen molar-refractivity contribution in [2.45, 2.75) is 32.4 Å². The molecule has 2 aromatic heterocycles. The maximum absolute atomic E-state index is 13.9. The lowest BCUT2D eigenvalue weighted by Gasteiger charge is -2.40. The quantitative estimate of drug-likeness (QED) is 0.349. The minimum absolute atomic E-state index is 0.113. The van der Waals surface area contributed by atoms with Gasteiger partial charge in [0.05, 0.1) is 25.8 Å². The molecule has 1 N–H and O–H groups in total. The van der Waals surface area contributed by atoms with Crippen LogP contribution < -0.4 is 9.47 Å². The minimum atomic E-state index is -0.248. The molecule has 1 fully saturated rings. The van der Waals surface area contributed by atoms with Gasteiger partial charge in [-0.15, -0.1) is 0 Å². The van der Waals surface area contributed by atoms with Crippen LogP contribution in [-0.2, 0) is 13.0 Å². The van der Waals surface area contributed by atoms with E-state index in [1.807, 2.05) is 36.5 Å². The predicted octanol–water partition coefficient (Wildman–Crippen LogP) is 5.22. The molecule has 6 rings (SSSR count). The molecule has 0 amide bonds. The minimum Gasteiger partial charge on any atom is -0.497 e. The Labute approximate surface area is 214 Å². The van der Waals surface area contributed by atoms with Crippen LogP contribution in [0.3, 0.4) is 0 Å². The lowest BCUT2D eigenvalue weighted by molar-refractivity contribution is 0.0836. The van der Waals surface area contributed by atoms with E-state index >= 15 is 0 Å². The summed E-state index contributed by atoms with van der Waals surface area (Å²) >= 11 is 6.33. The summed E-state index contributed by atoms with van der Waals surface area (Å²) in [5, 5.41) is 8.34. The summed E-state index contributed by atoms with van der Waals surface area (Å²) in [5.74, 6) is 1.46. The highest BCUT2D eigenvalue weighted by Gasteiger charge is 2.31. The Bertz CT molecular complexity index is 1440. The summed E-state index contributed by atoms with van der Waals surface area (Å²) in [5.41, 5.74) is 4.62. The van der Waals surface area contributed by atoms with Gasteiger partial charge in [-0.05, 0) is 54.8 Å². The molecule has 4 heterocycles. The van der Waals surface area contributed by atoms with Crippen LogP contribution in [0.5, 0.6) is 11.5 Å². The van der Waals surface area contributed by atoms with Crippen LogP contribution in [0, 0.1) is 5.92 Å². The number of nitrogens with one attached hydrogen (secondary N) is 1. The topological polar surface area (TPSA) is 72.4 Å². The molecule has 4 aromatic rings. The first-order valence-corrected chi connectivity index (χ1v) is 12.8. The van der Waals surface area contributed by atoms with Crippen molar-refractivity contribution in [3.8, 4) is 22.6 Å². The number of ketones is 1. The number of H-pyrrole nitrogens is 1. The molecule has 0 saturated carbocycles. The average Bonchev–Trinajstić information content (AvgIpc) is 3.48. The van der Waals surface area contributed by atoms with Crippen molar-refractivity contribution in [1.82, 2.24) is 19.7 Å². The standard InChI is InChI=1S/C28H29ClN4O3/c1-3-32-9-8-20(32)14-33-15-24(22-6-4-17(12-25(22)33)23-13-30-31-28(23)29)27(34)19-10-18-11-21(35-2)5-7-26(18)36-16-19/h4-7,11-13,15,19-20H,3,8-10,14,16H2,1-2H3,(H,30,31). The molecular weight excluding hydrogens is 476 g/mol. The number of likely N-dealkylation sites (tertiary alicyclic amines) is 1. The Kier molecular flexibility index (Phi) is 5.97. The van der Waals surface area contributed by atoms with Crippen LogP contribution in [0.2, 0.25) is 5.15 Å². The van der Waals surface area contributed by atoms with Crippen LogP contribution in [0.4, 0.5) is 0 Å². The fourth-order valence-corrected chi connectivity index (χ4v) is 5.72. The van der Waals surface area contributed by atoms with Gasteiger partial charge in [-0.3, -0.25) is 14.8 Å². The summed E-state index contributed by atoms with van der Waals surface area (Å²) in [7, 11) is 1.65. The van der Waals surface area contributed by atoms with Crippen LogP contribution in [0.1, 0.15) is 29.3 Å². The number of halogens is 1. The van der Waals surface area contributed by atoms with E-state index in [4.69, 9.17) is 21.1 Å². The van der Waals surface area contributed by atoms with Crippen molar-refractivity contribution in [2.75, 3.05) is 26.8 Å². The van der Waals surface area contributed by atoms with Gasteiger partial charge in [0.15, 0.2) is 5.78 Å². The molecule has 0 aliphatic carbocycles.